The average Bonchev–Trinajstić information content (AvgIpc) is 2.75. The molecule has 0 amide bonds. The Morgan fingerprint density at radius 3 is 2.56 bits per heavy atom. The van der Waals surface area contributed by atoms with Gasteiger partial charge >= 0.3 is 5.97 Å². The number of aliphatic carboxylic acids is 1. The molecule has 2 nitrogen and oxygen atoms in total. The van der Waals surface area contributed by atoms with Crippen LogP contribution in [0, 0.1) is 5.92 Å². The highest BCUT2D eigenvalue weighted by atomic mass is 35.5. The van der Waals surface area contributed by atoms with Crippen LogP contribution in [0.25, 0.3) is 0 Å². The second-order valence-electron chi connectivity index (χ2n) is 5.21. The van der Waals surface area contributed by atoms with Gasteiger partial charge in [0.05, 0.1) is 5.92 Å². The second-order valence-corrected chi connectivity index (χ2v) is 5.77. The third kappa shape index (κ3) is 3.05. The van der Waals surface area contributed by atoms with Crippen LogP contribution in [0.1, 0.15) is 43.2 Å². The molecule has 3 unspecified atom stereocenters. The van der Waals surface area contributed by atoms with Crippen LogP contribution in [0.2, 0.25) is 0 Å². The summed E-state index contributed by atoms with van der Waals surface area (Å²) < 4.78 is 0. The maximum atomic E-state index is 10.9. The van der Waals surface area contributed by atoms with Gasteiger partial charge in [-0.3, -0.25) is 4.79 Å². The molecule has 18 heavy (non-hydrogen) atoms. The summed E-state index contributed by atoms with van der Waals surface area (Å²) in [5.41, 5.74) is 2.12. The van der Waals surface area contributed by atoms with Gasteiger partial charge in [0.2, 0.25) is 0 Å². The van der Waals surface area contributed by atoms with Gasteiger partial charge < -0.3 is 5.11 Å². The quantitative estimate of drug-likeness (QED) is 0.841. The van der Waals surface area contributed by atoms with Crippen LogP contribution in [0.3, 0.4) is 0 Å². The smallest absolute Gasteiger partial charge is 0.310 e. The molecule has 0 bridgehead atoms. The molecule has 3 heteroatoms. The number of halogens is 1. The minimum atomic E-state index is -0.778. The Hall–Kier alpha value is -1.02. The number of carbonyl (C=O) groups is 1. The molecule has 0 aromatic heterocycles. The largest absolute Gasteiger partial charge is 0.481 e. The first-order valence-electron chi connectivity index (χ1n) is 6.53. The Labute approximate surface area is 113 Å². The number of benzene rings is 1. The van der Waals surface area contributed by atoms with Crippen LogP contribution in [0.15, 0.2) is 24.3 Å². The fourth-order valence-corrected chi connectivity index (χ4v) is 2.98. The molecule has 0 heterocycles. The van der Waals surface area contributed by atoms with Gasteiger partial charge in [-0.15, -0.1) is 11.6 Å². The summed E-state index contributed by atoms with van der Waals surface area (Å²) in [6.45, 7) is 1.71. The molecule has 1 aromatic carbocycles. The molecule has 0 saturated heterocycles. The number of carboxylic acid groups (broad SMARTS) is 1. The number of hydrogen-bond acceptors (Lipinski definition) is 1. The molecule has 3 atom stereocenters. The Morgan fingerprint density at radius 2 is 2.06 bits per heavy atom. The topological polar surface area (TPSA) is 37.3 Å². The maximum Gasteiger partial charge on any atom is 0.310 e. The van der Waals surface area contributed by atoms with Crippen molar-refractivity contribution in [2.45, 2.75) is 43.9 Å². The van der Waals surface area contributed by atoms with Crippen molar-refractivity contribution in [3.63, 3.8) is 0 Å². The van der Waals surface area contributed by atoms with Crippen molar-refractivity contribution in [2.75, 3.05) is 0 Å². The summed E-state index contributed by atoms with van der Waals surface area (Å²) in [6, 6.07) is 7.92. The SMILES string of the molecule is CC(C(=O)O)c1ccc(CC2CCCC2Cl)cc1. The molecule has 98 valence electrons. The molecule has 0 radical (unpaired) electrons. The zero-order valence-corrected chi connectivity index (χ0v) is 11.4. The molecule has 1 N–H and O–H groups in total. The van der Waals surface area contributed by atoms with Crippen molar-refractivity contribution in [1.29, 1.82) is 0 Å². The van der Waals surface area contributed by atoms with Crippen molar-refractivity contribution < 1.29 is 9.90 Å². The van der Waals surface area contributed by atoms with Crippen LogP contribution < -0.4 is 0 Å². The van der Waals surface area contributed by atoms with Crippen LogP contribution in [-0.2, 0) is 11.2 Å². The molecule has 1 aliphatic rings. The van der Waals surface area contributed by atoms with Crippen LogP contribution >= 0.6 is 11.6 Å². The number of alkyl halides is 1. The van der Waals surface area contributed by atoms with E-state index in [1.165, 1.54) is 18.4 Å². The molecule has 0 spiro atoms. The van der Waals surface area contributed by atoms with Crippen LogP contribution in [0.4, 0.5) is 0 Å². The van der Waals surface area contributed by atoms with E-state index in [1.807, 2.05) is 24.3 Å². The van der Waals surface area contributed by atoms with Crippen molar-refractivity contribution in [1.82, 2.24) is 0 Å². The third-order valence-electron chi connectivity index (χ3n) is 3.91. The fourth-order valence-electron chi connectivity index (χ4n) is 2.61. The summed E-state index contributed by atoms with van der Waals surface area (Å²) >= 11 is 6.27. The normalized spacial score (nSPS) is 25.0. The predicted octanol–water partition coefficient (Wildman–Crippen LogP) is 3.82. The Morgan fingerprint density at radius 1 is 1.39 bits per heavy atom. The number of rotatable bonds is 4. The highest BCUT2D eigenvalue weighted by Crippen LogP contribution is 2.32. The molecule has 1 aliphatic carbocycles. The summed E-state index contributed by atoms with van der Waals surface area (Å²) in [4.78, 5) is 10.9. The van der Waals surface area contributed by atoms with E-state index >= 15 is 0 Å². The lowest BCUT2D eigenvalue weighted by Crippen LogP contribution is -2.11. The molecule has 1 aromatic rings. The molecular formula is C15H19ClO2. The Bertz CT molecular complexity index is 413. The minimum Gasteiger partial charge on any atom is -0.481 e. The summed E-state index contributed by atoms with van der Waals surface area (Å²) in [5, 5.41) is 9.26. The van der Waals surface area contributed by atoms with Crippen molar-refractivity contribution in [2.24, 2.45) is 5.92 Å². The van der Waals surface area contributed by atoms with E-state index in [-0.39, 0.29) is 0 Å². The average molecular weight is 267 g/mol. The van der Waals surface area contributed by atoms with Crippen LogP contribution in [-0.4, -0.2) is 16.5 Å². The monoisotopic (exact) mass is 266 g/mol. The molecule has 0 aliphatic heterocycles. The summed E-state index contributed by atoms with van der Waals surface area (Å²) in [7, 11) is 0. The van der Waals surface area contributed by atoms with E-state index in [4.69, 9.17) is 16.7 Å². The molecular weight excluding hydrogens is 248 g/mol. The van der Waals surface area contributed by atoms with Crippen molar-refractivity contribution in [3.8, 4) is 0 Å². The Balaban J connectivity index is 2.01. The Kier molecular flexibility index (Phi) is 4.28. The van der Waals surface area contributed by atoms with Gasteiger partial charge in [-0.1, -0.05) is 30.7 Å². The summed E-state index contributed by atoms with van der Waals surface area (Å²) in [6.07, 6.45) is 4.57. The van der Waals surface area contributed by atoms with Gasteiger partial charge in [-0.25, -0.2) is 0 Å². The van der Waals surface area contributed by atoms with Gasteiger partial charge in [-0.2, -0.15) is 0 Å². The molecule has 2 rings (SSSR count). The first kappa shape index (κ1) is 13.4. The first-order chi connectivity index (χ1) is 8.58. The van der Waals surface area contributed by atoms with E-state index in [0.717, 1.165) is 18.4 Å². The van der Waals surface area contributed by atoms with E-state index < -0.39 is 11.9 Å². The first-order valence-corrected chi connectivity index (χ1v) is 6.97. The van der Waals surface area contributed by atoms with Crippen LogP contribution in [0.5, 0.6) is 0 Å². The van der Waals surface area contributed by atoms with E-state index in [0.29, 0.717) is 11.3 Å². The lowest BCUT2D eigenvalue weighted by atomic mass is 9.94. The van der Waals surface area contributed by atoms with E-state index in [1.54, 1.807) is 6.92 Å². The van der Waals surface area contributed by atoms with Crippen molar-refractivity contribution in [3.05, 3.63) is 35.4 Å². The van der Waals surface area contributed by atoms with Gasteiger partial charge in [0, 0.05) is 5.38 Å². The third-order valence-corrected chi connectivity index (χ3v) is 4.49. The fraction of sp³-hybridized carbons (Fsp3) is 0.533. The van der Waals surface area contributed by atoms with E-state index in [2.05, 4.69) is 0 Å². The second kappa shape index (κ2) is 5.75. The maximum absolute atomic E-state index is 10.9. The lowest BCUT2D eigenvalue weighted by Gasteiger charge is -2.14. The minimum absolute atomic E-state index is 0.308. The highest BCUT2D eigenvalue weighted by molar-refractivity contribution is 6.20. The zero-order valence-electron chi connectivity index (χ0n) is 10.6. The lowest BCUT2D eigenvalue weighted by molar-refractivity contribution is -0.138. The van der Waals surface area contributed by atoms with Gasteiger partial charge in [0.1, 0.15) is 0 Å². The van der Waals surface area contributed by atoms with Crippen molar-refractivity contribution >= 4 is 17.6 Å². The zero-order chi connectivity index (χ0) is 13.1. The van der Waals surface area contributed by atoms with Gasteiger partial charge in [0.15, 0.2) is 0 Å². The number of carboxylic acids is 1. The molecule has 1 saturated carbocycles. The highest BCUT2D eigenvalue weighted by Gasteiger charge is 2.25. The summed E-state index contributed by atoms with van der Waals surface area (Å²) in [5.74, 6) is -0.639. The van der Waals surface area contributed by atoms with E-state index in [9.17, 15) is 4.79 Å². The predicted molar refractivity (Wildman–Crippen MR) is 73.2 cm³/mol. The number of hydrogen-bond donors (Lipinski definition) is 1. The molecule has 1 fully saturated rings. The van der Waals surface area contributed by atoms with Gasteiger partial charge in [-0.05, 0) is 43.2 Å². The van der Waals surface area contributed by atoms with Gasteiger partial charge in [0.25, 0.3) is 0 Å². The standard InChI is InChI=1S/C15H19ClO2/c1-10(15(17)18)12-7-5-11(6-8-12)9-13-3-2-4-14(13)16/h5-8,10,13-14H,2-4,9H2,1H3,(H,17,18).